The van der Waals surface area contributed by atoms with E-state index in [1.54, 1.807) is 7.11 Å². The first kappa shape index (κ1) is 11.3. The van der Waals surface area contributed by atoms with Crippen molar-refractivity contribution in [1.29, 1.82) is 0 Å². The van der Waals surface area contributed by atoms with Gasteiger partial charge in [-0.15, -0.1) is 0 Å². The molecule has 3 rings (SSSR count). The lowest BCUT2D eigenvalue weighted by Crippen LogP contribution is -2.30. The largest absolute Gasteiger partial charge is 0.496 e. The average molecular weight is 239 g/mol. The number of methoxy groups -OCH3 is 1. The maximum Gasteiger partial charge on any atom is 0.124 e. The van der Waals surface area contributed by atoms with Crippen LogP contribution in [0.3, 0.4) is 0 Å². The fourth-order valence-electron chi connectivity index (χ4n) is 2.70. The average Bonchev–Trinajstić information content (AvgIpc) is 2.47. The van der Waals surface area contributed by atoms with E-state index in [-0.39, 0.29) is 6.04 Å². The maximum atomic E-state index is 5.52. The maximum absolute atomic E-state index is 5.52. The van der Waals surface area contributed by atoms with Crippen molar-refractivity contribution in [1.82, 2.24) is 5.32 Å². The number of ether oxygens (including phenoxy) is 1. The Morgan fingerprint density at radius 1 is 1.06 bits per heavy atom. The van der Waals surface area contributed by atoms with Gasteiger partial charge in [-0.05, 0) is 23.6 Å². The second-order valence-corrected chi connectivity index (χ2v) is 4.58. The fraction of sp³-hybridized carbons (Fsp3) is 0.250. The predicted molar refractivity (Wildman–Crippen MR) is 73.0 cm³/mol. The second-order valence-electron chi connectivity index (χ2n) is 4.58. The third-order valence-electron chi connectivity index (χ3n) is 3.54. The summed E-state index contributed by atoms with van der Waals surface area (Å²) >= 11 is 0. The zero-order chi connectivity index (χ0) is 12.4. The lowest BCUT2D eigenvalue weighted by Gasteiger charge is -2.29. The lowest BCUT2D eigenvalue weighted by atomic mass is 9.89. The first-order valence-corrected chi connectivity index (χ1v) is 6.34. The molecule has 92 valence electrons. The smallest absolute Gasteiger partial charge is 0.124 e. The van der Waals surface area contributed by atoms with Crippen molar-refractivity contribution >= 4 is 0 Å². The summed E-state index contributed by atoms with van der Waals surface area (Å²) in [4.78, 5) is 0. The van der Waals surface area contributed by atoms with Gasteiger partial charge in [-0.1, -0.05) is 42.5 Å². The van der Waals surface area contributed by atoms with Gasteiger partial charge in [-0.25, -0.2) is 0 Å². The Morgan fingerprint density at radius 2 is 1.89 bits per heavy atom. The minimum absolute atomic E-state index is 0.242. The van der Waals surface area contributed by atoms with Gasteiger partial charge in [0.2, 0.25) is 0 Å². The number of benzene rings is 2. The molecule has 0 amide bonds. The van der Waals surface area contributed by atoms with E-state index in [2.05, 4.69) is 47.8 Å². The highest BCUT2D eigenvalue weighted by Gasteiger charge is 2.24. The van der Waals surface area contributed by atoms with Crippen LogP contribution in [0.4, 0.5) is 0 Å². The first-order valence-electron chi connectivity index (χ1n) is 6.34. The van der Waals surface area contributed by atoms with Gasteiger partial charge < -0.3 is 10.1 Å². The van der Waals surface area contributed by atoms with Crippen molar-refractivity contribution in [3.63, 3.8) is 0 Å². The molecular formula is C16H17NO. The van der Waals surface area contributed by atoms with E-state index < -0.39 is 0 Å². The third kappa shape index (κ3) is 1.89. The van der Waals surface area contributed by atoms with Crippen LogP contribution in [0.15, 0.2) is 48.5 Å². The Kier molecular flexibility index (Phi) is 3.03. The number of hydrogen-bond donors (Lipinski definition) is 1. The van der Waals surface area contributed by atoms with Crippen molar-refractivity contribution in [2.45, 2.75) is 12.5 Å². The van der Waals surface area contributed by atoms with Crippen molar-refractivity contribution < 1.29 is 4.74 Å². The Hall–Kier alpha value is -1.80. The highest BCUT2D eigenvalue weighted by Crippen LogP contribution is 2.35. The number of nitrogens with one attached hydrogen (secondary N) is 1. The molecule has 0 saturated heterocycles. The van der Waals surface area contributed by atoms with Crippen LogP contribution < -0.4 is 10.1 Å². The van der Waals surface area contributed by atoms with Gasteiger partial charge in [0.05, 0.1) is 13.2 Å². The second kappa shape index (κ2) is 4.83. The molecule has 0 saturated carbocycles. The number of hydrogen-bond acceptors (Lipinski definition) is 2. The molecule has 0 fully saturated rings. The van der Waals surface area contributed by atoms with Crippen LogP contribution in [0.25, 0.3) is 0 Å². The minimum atomic E-state index is 0.242. The van der Waals surface area contributed by atoms with E-state index in [4.69, 9.17) is 4.74 Å². The highest BCUT2D eigenvalue weighted by atomic mass is 16.5. The molecule has 1 aliphatic heterocycles. The Bertz CT molecular complexity index is 522. The fourth-order valence-corrected chi connectivity index (χ4v) is 2.70. The van der Waals surface area contributed by atoms with Crippen LogP contribution in [0, 0.1) is 0 Å². The van der Waals surface area contributed by atoms with Gasteiger partial charge in [0.15, 0.2) is 0 Å². The molecular weight excluding hydrogens is 222 g/mol. The normalized spacial score (nSPS) is 18.2. The molecule has 2 aromatic rings. The third-order valence-corrected chi connectivity index (χ3v) is 3.54. The van der Waals surface area contributed by atoms with Crippen LogP contribution in [0.5, 0.6) is 5.75 Å². The Morgan fingerprint density at radius 3 is 2.67 bits per heavy atom. The molecule has 1 unspecified atom stereocenters. The van der Waals surface area contributed by atoms with Crippen molar-refractivity contribution in [3.05, 3.63) is 65.2 Å². The summed E-state index contributed by atoms with van der Waals surface area (Å²) in [6, 6.07) is 17.1. The summed E-state index contributed by atoms with van der Waals surface area (Å²) < 4.78 is 5.52. The predicted octanol–water partition coefficient (Wildman–Crippen LogP) is 2.93. The summed E-state index contributed by atoms with van der Waals surface area (Å²) in [5.41, 5.74) is 3.97. The van der Waals surface area contributed by atoms with Gasteiger partial charge in [-0.2, -0.15) is 0 Å². The molecule has 2 heteroatoms. The van der Waals surface area contributed by atoms with Gasteiger partial charge >= 0.3 is 0 Å². The Balaban J connectivity index is 2.11. The number of rotatable bonds is 2. The standard InChI is InChI=1S/C16H17NO/c1-18-14-9-5-8-12-10-11-17-16(15(12)14)13-6-3-2-4-7-13/h2-9,16-17H,10-11H2,1H3. The molecule has 0 spiro atoms. The van der Waals surface area contributed by atoms with Crippen LogP contribution in [0.1, 0.15) is 22.7 Å². The molecule has 1 aliphatic rings. The van der Waals surface area contributed by atoms with Crippen molar-refractivity contribution in [3.8, 4) is 5.75 Å². The Labute approximate surface area is 108 Å². The molecule has 2 aromatic carbocycles. The van der Waals surface area contributed by atoms with E-state index >= 15 is 0 Å². The number of fused-ring (bicyclic) bond motifs is 1. The summed E-state index contributed by atoms with van der Waals surface area (Å²) in [5, 5.41) is 3.59. The van der Waals surface area contributed by atoms with E-state index in [0.717, 1.165) is 18.7 Å². The van der Waals surface area contributed by atoms with Gasteiger partial charge in [0.25, 0.3) is 0 Å². The SMILES string of the molecule is COc1cccc2c1C(c1ccccc1)NCC2. The van der Waals surface area contributed by atoms with Crippen molar-refractivity contribution in [2.24, 2.45) is 0 Å². The summed E-state index contributed by atoms with van der Waals surface area (Å²) in [6.07, 6.45) is 1.07. The van der Waals surface area contributed by atoms with Gasteiger partial charge in [-0.3, -0.25) is 0 Å². The van der Waals surface area contributed by atoms with Gasteiger partial charge in [0, 0.05) is 12.1 Å². The molecule has 1 atom stereocenters. The van der Waals surface area contributed by atoms with Crippen LogP contribution in [0.2, 0.25) is 0 Å². The minimum Gasteiger partial charge on any atom is -0.496 e. The summed E-state index contributed by atoms with van der Waals surface area (Å²) in [7, 11) is 1.74. The monoisotopic (exact) mass is 239 g/mol. The molecule has 0 radical (unpaired) electrons. The lowest BCUT2D eigenvalue weighted by molar-refractivity contribution is 0.399. The van der Waals surface area contributed by atoms with E-state index in [0.29, 0.717) is 0 Å². The first-order chi connectivity index (χ1) is 8.90. The quantitative estimate of drug-likeness (QED) is 0.870. The van der Waals surface area contributed by atoms with Crippen molar-refractivity contribution in [2.75, 3.05) is 13.7 Å². The highest BCUT2D eigenvalue weighted by molar-refractivity contribution is 5.48. The van der Waals surface area contributed by atoms with Crippen LogP contribution in [-0.4, -0.2) is 13.7 Å². The van der Waals surface area contributed by atoms with Crippen LogP contribution >= 0.6 is 0 Å². The molecule has 0 bridgehead atoms. The topological polar surface area (TPSA) is 21.3 Å². The summed E-state index contributed by atoms with van der Waals surface area (Å²) in [5.74, 6) is 0.980. The summed E-state index contributed by atoms with van der Waals surface area (Å²) in [6.45, 7) is 1.01. The molecule has 2 nitrogen and oxygen atoms in total. The molecule has 0 aromatic heterocycles. The van der Waals surface area contributed by atoms with E-state index in [1.165, 1.54) is 16.7 Å². The van der Waals surface area contributed by atoms with Gasteiger partial charge in [0.1, 0.15) is 5.75 Å². The van der Waals surface area contributed by atoms with E-state index in [1.807, 2.05) is 6.07 Å². The molecule has 1 N–H and O–H groups in total. The molecule has 18 heavy (non-hydrogen) atoms. The molecule has 1 heterocycles. The van der Waals surface area contributed by atoms with E-state index in [9.17, 15) is 0 Å². The van der Waals surface area contributed by atoms with Crippen LogP contribution in [-0.2, 0) is 6.42 Å². The zero-order valence-corrected chi connectivity index (χ0v) is 10.5. The zero-order valence-electron chi connectivity index (χ0n) is 10.5. The molecule has 0 aliphatic carbocycles.